The van der Waals surface area contributed by atoms with Gasteiger partial charge in [0.25, 0.3) is 0 Å². The van der Waals surface area contributed by atoms with Crippen molar-refractivity contribution < 1.29 is 13.9 Å². The molecule has 1 amide bonds. The van der Waals surface area contributed by atoms with Crippen LogP contribution in [0.2, 0.25) is 0 Å². The van der Waals surface area contributed by atoms with Crippen LogP contribution in [0.5, 0.6) is 0 Å². The number of hydrogen-bond donors (Lipinski definition) is 1. The minimum Gasteiger partial charge on any atom is -0.378 e. The number of carbonyl (C=O) groups is 1. The Morgan fingerprint density at radius 2 is 1.85 bits per heavy atom. The number of ether oxygens (including phenoxy) is 1. The van der Waals surface area contributed by atoms with E-state index in [1.54, 1.807) is 12.1 Å². The number of para-hydroxylation sites is 1. The van der Waals surface area contributed by atoms with E-state index < -0.39 is 0 Å². The van der Waals surface area contributed by atoms with Gasteiger partial charge in [0.05, 0.1) is 24.7 Å². The molecule has 2 heterocycles. The lowest BCUT2D eigenvalue weighted by Crippen LogP contribution is -2.41. The average molecular weight is 370 g/mol. The van der Waals surface area contributed by atoms with Crippen molar-refractivity contribution in [3.8, 4) is 0 Å². The third-order valence-corrected chi connectivity index (χ3v) is 5.56. The average Bonchev–Trinajstić information content (AvgIpc) is 3.01. The number of amides is 1. The summed E-state index contributed by atoms with van der Waals surface area (Å²) < 4.78 is 18.5. The maximum Gasteiger partial charge on any atom is 0.227 e. The molecule has 0 radical (unpaired) electrons. The number of fused-ring (bicyclic) bond motifs is 1. The third-order valence-electron chi connectivity index (χ3n) is 4.50. The fourth-order valence-corrected chi connectivity index (χ4v) is 4.11. The number of morpholine rings is 1. The molecule has 3 aromatic rings. The number of nitrogens with one attached hydrogen (secondary N) is 1. The van der Waals surface area contributed by atoms with Crippen LogP contribution in [0.4, 0.5) is 4.39 Å². The minimum absolute atomic E-state index is 0.110. The summed E-state index contributed by atoms with van der Waals surface area (Å²) in [5.74, 6) is -0.146. The number of H-pyrrole nitrogens is 1. The van der Waals surface area contributed by atoms with Crippen molar-refractivity contribution >= 4 is 28.6 Å². The van der Waals surface area contributed by atoms with E-state index in [9.17, 15) is 9.18 Å². The van der Waals surface area contributed by atoms with Crippen molar-refractivity contribution in [2.75, 3.05) is 26.3 Å². The second-order valence-electron chi connectivity index (χ2n) is 6.20. The maximum atomic E-state index is 13.2. The Bertz CT molecular complexity index is 917. The maximum absolute atomic E-state index is 13.2. The summed E-state index contributed by atoms with van der Waals surface area (Å²) >= 11 is 1.52. The topological polar surface area (TPSA) is 45.3 Å². The smallest absolute Gasteiger partial charge is 0.227 e. The third kappa shape index (κ3) is 3.61. The molecule has 2 aromatic carbocycles. The molecule has 6 heteroatoms. The van der Waals surface area contributed by atoms with E-state index >= 15 is 0 Å². The van der Waals surface area contributed by atoms with Crippen molar-refractivity contribution in [1.82, 2.24) is 9.88 Å². The first-order chi connectivity index (χ1) is 12.7. The summed E-state index contributed by atoms with van der Waals surface area (Å²) in [7, 11) is 0. The molecule has 0 saturated carbocycles. The number of aromatic nitrogens is 1. The van der Waals surface area contributed by atoms with Crippen molar-refractivity contribution in [3.63, 3.8) is 0 Å². The quantitative estimate of drug-likeness (QED) is 0.759. The first-order valence-electron chi connectivity index (χ1n) is 8.59. The zero-order chi connectivity index (χ0) is 17.9. The number of benzene rings is 2. The van der Waals surface area contributed by atoms with Crippen LogP contribution >= 0.6 is 11.8 Å². The molecule has 0 bridgehead atoms. The molecular weight excluding hydrogens is 351 g/mol. The number of aromatic amines is 1. The highest BCUT2D eigenvalue weighted by atomic mass is 32.2. The molecule has 1 saturated heterocycles. The second-order valence-corrected chi connectivity index (χ2v) is 7.29. The van der Waals surface area contributed by atoms with Gasteiger partial charge in [0.2, 0.25) is 5.91 Å². The van der Waals surface area contributed by atoms with E-state index in [2.05, 4.69) is 4.98 Å². The molecule has 4 rings (SSSR count). The molecule has 0 atom stereocenters. The van der Waals surface area contributed by atoms with E-state index in [-0.39, 0.29) is 11.7 Å². The van der Waals surface area contributed by atoms with Gasteiger partial charge in [0, 0.05) is 34.5 Å². The molecule has 1 N–H and O–H groups in total. The molecule has 4 nitrogen and oxygen atoms in total. The number of hydrogen-bond acceptors (Lipinski definition) is 3. The zero-order valence-corrected chi connectivity index (χ0v) is 15.0. The molecule has 1 aliphatic heterocycles. The summed E-state index contributed by atoms with van der Waals surface area (Å²) in [5.41, 5.74) is 1.99. The molecule has 26 heavy (non-hydrogen) atoms. The molecular formula is C20H19FN2O2S. The second kappa shape index (κ2) is 7.51. The Kier molecular flexibility index (Phi) is 4.95. The van der Waals surface area contributed by atoms with Crippen LogP contribution < -0.4 is 0 Å². The predicted octanol–water partition coefficient (Wildman–Crippen LogP) is 3.86. The van der Waals surface area contributed by atoms with E-state index in [1.165, 1.54) is 23.9 Å². The predicted molar refractivity (Wildman–Crippen MR) is 99.9 cm³/mol. The van der Waals surface area contributed by atoms with Gasteiger partial charge in [-0.2, -0.15) is 0 Å². The van der Waals surface area contributed by atoms with Gasteiger partial charge in [-0.1, -0.05) is 30.0 Å². The largest absolute Gasteiger partial charge is 0.378 e. The van der Waals surface area contributed by atoms with Crippen LogP contribution in [-0.4, -0.2) is 42.1 Å². The Balaban J connectivity index is 1.65. The van der Waals surface area contributed by atoms with Gasteiger partial charge in [0.1, 0.15) is 5.82 Å². The molecule has 1 aliphatic rings. The van der Waals surface area contributed by atoms with Gasteiger partial charge in [-0.3, -0.25) is 4.79 Å². The molecule has 0 aliphatic carbocycles. The van der Waals surface area contributed by atoms with Crippen molar-refractivity contribution in [1.29, 1.82) is 0 Å². The van der Waals surface area contributed by atoms with Crippen LogP contribution in [-0.2, 0) is 16.0 Å². The zero-order valence-electron chi connectivity index (χ0n) is 14.2. The Hall–Kier alpha value is -2.31. The number of carbonyl (C=O) groups excluding carboxylic acids is 1. The fraction of sp³-hybridized carbons (Fsp3) is 0.250. The Morgan fingerprint density at radius 1 is 1.12 bits per heavy atom. The fourth-order valence-electron chi connectivity index (χ4n) is 3.13. The van der Waals surface area contributed by atoms with E-state index in [0.717, 1.165) is 26.4 Å². The molecule has 0 spiro atoms. The summed E-state index contributed by atoms with van der Waals surface area (Å²) in [6.45, 7) is 2.47. The molecule has 1 fully saturated rings. The standard InChI is InChI=1S/C20H19FN2O2S/c21-14-5-7-15(8-6-14)26-20-17(16-3-1-2-4-18(16)22-20)13-19(24)23-9-11-25-12-10-23/h1-8,22H,9-13H2. The van der Waals surface area contributed by atoms with E-state index in [1.807, 2.05) is 29.2 Å². The summed E-state index contributed by atoms with van der Waals surface area (Å²) in [6.07, 6.45) is 0.341. The van der Waals surface area contributed by atoms with E-state index in [4.69, 9.17) is 4.74 Å². The lowest BCUT2D eigenvalue weighted by molar-refractivity contribution is -0.134. The van der Waals surface area contributed by atoms with Gasteiger partial charge in [-0.15, -0.1) is 0 Å². The number of halogens is 1. The lowest BCUT2D eigenvalue weighted by Gasteiger charge is -2.27. The van der Waals surface area contributed by atoms with Crippen LogP contribution in [0.1, 0.15) is 5.56 Å². The number of rotatable bonds is 4. The Morgan fingerprint density at radius 3 is 2.62 bits per heavy atom. The van der Waals surface area contributed by atoms with Gasteiger partial charge >= 0.3 is 0 Å². The number of nitrogens with zero attached hydrogens (tertiary/aromatic N) is 1. The van der Waals surface area contributed by atoms with E-state index in [0.29, 0.717) is 32.7 Å². The van der Waals surface area contributed by atoms with Crippen LogP contribution in [0.25, 0.3) is 10.9 Å². The van der Waals surface area contributed by atoms with Crippen molar-refractivity contribution in [3.05, 3.63) is 59.9 Å². The van der Waals surface area contributed by atoms with Crippen molar-refractivity contribution in [2.24, 2.45) is 0 Å². The molecule has 1 aromatic heterocycles. The van der Waals surface area contributed by atoms with Gasteiger partial charge in [-0.25, -0.2) is 4.39 Å². The highest BCUT2D eigenvalue weighted by molar-refractivity contribution is 7.99. The van der Waals surface area contributed by atoms with Gasteiger partial charge < -0.3 is 14.6 Å². The lowest BCUT2D eigenvalue weighted by atomic mass is 10.1. The summed E-state index contributed by atoms with van der Waals surface area (Å²) in [5, 5.41) is 1.98. The normalized spacial score (nSPS) is 14.7. The SMILES string of the molecule is O=C(Cc1c(Sc2ccc(F)cc2)[nH]c2ccccc12)N1CCOCC1. The highest BCUT2D eigenvalue weighted by Gasteiger charge is 2.21. The van der Waals surface area contributed by atoms with Crippen LogP contribution in [0.15, 0.2) is 58.5 Å². The first kappa shape index (κ1) is 17.1. The minimum atomic E-state index is -0.256. The summed E-state index contributed by atoms with van der Waals surface area (Å²) in [4.78, 5) is 19.0. The van der Waals surface area contributed by atoms with Gasteiger partial charge in [-0.05, 0) is 30.3 Å². The highest BCUT2D eigenvalue weighted by Crippen LogP contribution is 2.35. The molecule has 0 unspecified atom stereocenters. The first-order valence-corrected chi connectivity index (χ1v) is 9.41. The van der Waals surface area contributed by atoms with Crippen LogP contribution in [0, 0.1) is 5.82 Å². The molecule has 134 valence electrons. The monoisotopic (exact) mass is 370 g/mol. The van der Waals surface area contributed by atoms with Gasteiger partial charge in [0.15, 0.2) is 0 Å². The Labute approximate surface area is 155 Å². The van der Waals surface area contributed by atoms with Crippen molar-refractivity contribution in [2.45, 2.75) is 16.3 Å². The van der Waals surface area contributed by atoms with Crippen LogP contribution in [0.3, 0.4) is 0 Å². The summed E-state index contributed by atoms with van der Waals surface area (Å²) in [6, 6.07) is 14.4.